The first-order valence-electron chi connectivity index (χ1n) is 11.8. The van der Waals surface area contributed by atoms with Crippen LogP contribution in [-0.2, 0) is 4.74 Å². The summed E-state index contributed by atoms with van der Waals surface area (Å²) in [5.41, 5.74) is 4.88. The van der Waals surface area contributed by atoms with Crippen LogP contribution in [0.15, 0.2) is 48.5 Å². The van der Waals surface area contributed by atoms with E-state index in [0.29, 0.717) is 48.6 Å². The van der Waals surface area contributed by atoms with Crippen molar-refractivity contribution in [1.82, 2.24) is 9.97 Å². The molecule has 0 unspecified atom stereocenters. The Morgan fingerprint density at radius 3 is 2.57 bits per heavy atom. The Balaban J connectivity index is 1.67. The van der Waals surface area contributed by atoms with Gasteiger partial charge in [0, 0.05) is 66.0 Å². The standard InChI is InChI=1S/C26H31ClN6O2/c1-29-24-16-18(5-10-21(24)22(28)4-2-3-13-34)23-17-25(30-20-8-6-19(27)7-9-20)32-26(31-23)33-11-14-35-15-12-33/h5-10,16-17,28-29,34H,2-4,11-15H2,1H3,(H,30,31,32). The zero-order valence-corrected chi connectivity index (χ0v) is 20.6. The van der Waals surface area contributed by atoms with Gasteiger partial charge in [-0.3, -0.25) is 0 Å². The van der Waals surface area contributed by atoms with E-state index in [4.69, 9.17) is 36.8 Å². The van der Waals surface area contributed by atoms with E-state index in [1.54, 1.807) is 0 Å². The van der Waals surface area contributed by atoms with Crippen LogP contribution in [0.3, 0.4) is 0 Å². The summed E-state index contributed by atoms with van der Waals surface area (Å²) in [5, 5.41) is 24.8. The van der Waals surface area contributed by atoms with Gasteiger partial charge in [-0.15, -0.1) is 0 Å². The molecule has 0 atom stereocenters. The summed E-state index contributed by atoms with van der Waals surface area (Å²) < 4.78 is 5.51. The van der Waals surface area contributed by atoms with Gasteiger partial charge in [-0.05, 0) is 49.6 Å². The molecule has 35 heavy (non-hydrogen) atoms. The largest absolute Gasteiger partial charge is 0.396 e. The number of anilines is 4. The SMILES string of the molecule is CNc1cc(-c2cc(Nc3ccc(Cl)cc3)nc(N3CCOCC3)n2)ccc1C(=N)CCCCO. The van der Waals surface area contributed by atoms with Gasteiger partial charge in [-0.2, -0.15) is 4.98 Å². The molecule has 0 spiro atoms. The second kappa shape index (κ2) is 12.0. The van der Waals surface area contributed by atoms with Crippen LogP contribution in [0.5, 0.6) is 0 Å². The van der Waals surface area contributed by atoms with Crippen molar-refractivity contribution in [2.75, 3.05) is 55.5 Å². The third-order valence-electron chi connectivity index (χ3n) is 5.87. The smallest absolute Gasteiger partial charge is 0.228 e. The van der Waals surface area contributed by atoms with E-state index in [1.165, 1.54) is 0 Å². The molecule has 2 aromatic carbocycles. The number of rotatable bonds is 10. The molecule has 8 nitrogen and oxygen atoms in total. The highest BCUT2D eigenvalue weighted by Crippen LogP contribution is 2.30. The van der Waals surface area contributed by atoms with Crippen molar-refractivity contribution >= 4 is 40.5 Å². The number of nitrogens with one attached hydrogen (secondary N) is 3. The average molecular weight is 495 g/mol. The van der Waals surface area contributed by atoms with Crippen molar-refractivity contribution in [2.45, 2.75) is 19.3 Å². The van der Waals surface area contributed by atoms with Crippen molar-refractivity contribution in [3.63, 3.8) is 0 Å². The fourth-order valence-corrected chi connectivity index (χ4v) is 4.08. The first kappa shape index (κ1) is 24.9. The molecule has 9 heteroatoms. The topological polar surface area (TPSA) is 106 Å². The van der Waals surface area contributed by atoms with Gasteiger partial charge < -0.3 is 30.8 Å². The molecule has 1 aliphatic heterocycles. The van der Waals surface area contributed by atoms with E-state index in [-0.39, 0.29) is 6.61 Å². The Morgan fingerprint density at radius 1 is 1.09 bits per heavy atom. The predicted octanol–water partition coefficient (Wildman–Crippen LogP) is 4.95. The van der Waals surface area contributed by atoms with Crippen LogP contribution in [0.25, 0.3) is 11.3 Å². The Kier molecular flexibility index (Phi) is 8.52. The molecule has 3 aromatic rings. The summed E-state index contributed by atoms with van der Waals surface area (Å²) in [6.45, 7) is 2.90. The van der Waals surface area contributed by atoms with E-state index in [9.17, 15) is 0 Å². The number of aliphatic hydroxyl groups is 1. The molecule has 4 N–H and O–H groups in total. The number of benzene rings is 2. The molecular weight excluding hydrogens is 464 g/mol. The van der Waals surface area contributed by atoms with Gasteiger partial charge in [0.05, 0.1) is 18.9 Å². The van der Waals surface area contributed by atoms with E-state index < -0.39 is 0 Å². The quantitative estimate of drug-likeness (QED) is 0.233. The van der Waals surface area contributed by atoms with Crippen molar-refractivity contribution in [2.24, 2.45) is 0 Å². The summed E-state index contributed by atoms with van der Waals surface area (Å²) >= 11 is 6.04. The molecule has 0 saturated carbocycles. The second-order valence-corrected chi connectivity index (χ2v) is 8.78. The number of aliphatic hydroxyl groups excluding tert-OH is 1. The van der Waals surface area contributed by atoms with Crippen LogP contribution in [0.1, 0.15) is 24.8 Å². The fourth-order valence-electron chi connectivity index (χ4n) is 3.95. The minimum absolute atomic E-state index is 0.149. The Hall–Kier alpha value is -3.20. The van der Waals surface area contributed by atoms with Gasteiger partial charge in [0.25, 0.3) is 0 Å². The summed E-state index contributed by atoms with van der Waals surface area (Å²) in [6, 6.07) is 15.4. The molecule has 1 saturated heterocycles. The molecule has 0 amide bonds. The molecule has 0 aliphatic carbocycles. The number of hydrogen-bond donors (Lipinski definition) is 4. The molecule has 1 fully saturated rings. The van der Waals surface area contributed by atoms with Gasteiger partial charge in [0.2, 0.25) is 5.95 Å². The van der Waals surface area contributed by atoms with E-state index in [0.717, 1.165) is 47.7 Å². The highest BCUT2D eigenvalue weighted by Gasteiger charge is 2.17. The third kappa shape index (κ3) is 6.48. The van der Waals surface area contributed by atoms with Crippen molar-refractivity contribution in [3.05, 3.63) is 59.1 Å². The number of aromatic nitrogens is 2. The van der Waals surface area contributed by atoms with E-state index in [2.05, 4.69) is 15.5 Å². The second-order valence-electron chi connectivity index (χ2n) is 8.34. The molecule has 2 heterocycles. The van der Waals surface area contributed by atoms with Crippen LogP contribution in [-0.4, -0.2) is 60.7 Å². The van der Waals surface area contributed by atoms with Crippen LogP contribution in [0.2, 0.25) is 5.02 Å². The highest BCUT2D eigenvalue weighted by molar-refractivity contribution is 6.30. The van der Waals surface area contributed by atoms with Gasteiger partial charge in [-0.25, -0.2) is 4.98 Å². The number of halogens is 1. The van der Waals surface area contributed by atoms with Gasteiger partial charge in [0.1, 0.15) is 5.82 Å². The number of nitrogens with zero attached hydrogens (tertiary/aromatic N) is 3. The molecule has 1 aromatic heterocycles. The van der Waals surface area contributed by atoms with Crippen LogP contribution >= 0.6 is 11.6 Å². The van der Waals surface area contributed by atoms with Gasteiger partial charge in [0.15, 0.2) is 0 Å². The first-order valence-corrected chi connectivity index (χ1v) is 12.2. The lowest BCUT2D eigenvalue weighted by atomic mass is 9.99. The minimum Gasteiger partial charge on any atom is -0.396 e. The number of ether oxygens (including phenoxy) is 1. The van der Waals surface area contributed by atoms with E-state index >= 15 is 0 Å². The average Bonchev–Trinajstić information content (AvgIpc) is 2.90. The molecule has 1 aliphatic rings. The lowest BCUT2D eigenvalue weighted by molar-refractivity contribution is 0.122. The number of hydrogen-bond acceptors (Lipinski definition) is 8. The molecule has 4 rings (SSSR count). The maximum atomic E-state index is 9.04. The van der Waals surface area contributed by atoms with Crippen LogP contribution in [0.4, 0.5) is 23.1 Å². The third-order valence-corrected chi connectivity index (χ3v) is 6.12. The Bertz CT molecular complexity index is 1150. The zero-order valence-electron chi connectivity index (χ0n) is 19.9. The molecule has 184 valence electrons. The Morgan fingerprint density at radius 2 is 1.86 bits per heavy atom. The van der Waals surface area contributed by atoms with Crippen molar-refractivity contribution < 1.29 is 9.84 Å². The zero-order chi connectivity index (χ0) is 24.6. The van der Waals surface area contributed by atoms with Crippen molar-refractivity contribution in [3.8, 4) is 11.3 Å². The first-order chi connectivity index (χ1) is 17.1. The predicted molar refractivity (Wildman–Crippen MR) is 143 cm³/mol. The van der Waals surface area contributed by atoms with E-state index in [1.807, 2.05) is 55.6 Å². The van der Waals surface area contributed by atoms with Gasteiger partial charge in [-0.1, -0.05) is 23.7 Å². The lowest BCUT2D eigenvalue weighted by Gasteiger charge is -2.27. The minimum atomic E-state index is 0.149. The summed E-state index contributed by atoms with van der Waals surface area (Å²) in [5.74, 6) is 1.33. The fraction of sp³-hybridized carbons (Fsp3) is 0.346. The number of morpholine rings is 1. The number of unbranched alkanes of at least 4 members (excludes halogenated alkanes) is 1. The summed E-state index contributed by atoms with van der Waals surface area (Å²) in [4.78, 5) is 11.8. The summed E-state index contributed by atoms with van der Waals surface area (Å²) in [6.07, 6.45) is 2.11. The van der Waals surface area contributed by atoms with Crippen molar-refractivity contribution in [1.29, 1.82) is 5.41 Å². The normalized spacial score (nSPS) is 13.5. The van der Waals surface area contributed by atoms with Gasteiger partial charge >= 0.3 is 0 Å². The molecule has 0 radical (unpaired) electrons. The maximum Gasteiger partial charge on any atom is 0.228 e. The molecular formula is C26H31ClN6O2. The maximum absolute atomic E-state index is 9.04. The Labute approximate surface area is 210 Å². The van der Waals surface area contributed by atoms with Crippen LogP contribution < -0.4 is 15.5 Å². The molecule has 0 bridgehead atoms. The van der Waals surface area contributed by atoms with Crippen LogP contribution in [0, 0.1) is 5.41 Å². The lowest BCUT2D eigenvalue weighted by Crippen LogP contribution is -2.37. The highest BCUT2D eigenvalue weighted by atomic mass is 35.5. The summed E-state index contributed by atoms with van der Waals surface area (Å²) in [7, 11) is 1.86. The monoisotopic (exact) mass is 494 g/mol.